The zero-order chi connectivity index (χ0) is 11.8. The minimum Gasteiger partial charge on any atom is -0.137 e. The maximum Gasteiger partial charge on any atom is 0.207 e. The first-order valence-electron chi connectivity index (χ1n) is 4.91. The highest BCUT2D eigenvalue weighted by molar-refractivity contribution is 9.10. The first-order valence-corrected chi connectivity index (χ1v) is 6.90. The van der Waals surface area contributed by atoms with Crippen molar-refractivity contribution >= 4 is 49.6 Å². The highest BCUT2D eigenvalue weighted by atomic mass is 79.9. The Labute approximate surface area is 115 Å². The summed E-state index contributed by atoms with van der Waals surface area (Å²) in [5.41, 5.74) is 1.05. The van der Waals surface area contributed by atoms with E-state index in [0.29, 0.717) is 4.47 Å². The van der Waals surface area contributed by atoms with Crippen LogP contribution >= 0.6 is 38.9 Å². The smallest absolute Gasteiger partial charge is 0.137 e. The fourth-order valence-electron chi connectivity index (χ4n) is 1.67. The van der Waals surface area contributed by atoms with E-state index in [9.17, 15) is 0 Å². The maximum atomic E-state index is 5.79. The number of halogens is 2. The van der Waals surface area contributed by atoms with E-state index >= 15 is 0 Å². The standard InChI is InChI=1S/C12H6BrClN2S/c13-10-4-3-7-5-9(2-1-8(7)6-10)11-15-16-12(14)17-11/h1-6H. The molecule has 2 aromatic carbocycles. The molecule has 3 aromatic rings. The van der Waals surface area contributed by atoms with Crippen molar-refractivity contribution < 1.29 is 0 Å². The molecule has 1 aromatic heterocycles. The van der Waals surface area contributed by atoms with Gasteiger partial charge in [0.1, 0.15) is 5.01 Å². The third-order valence-electron chi connectivity index (χ3n) is 2.45. The van der Waals surface area contributed by atoms with Gasteiger partial charge in [-0.2, -0.15) is 0 Å². The van der Waals surface area contributed by atoms with Crippen molar-refractivity contribution in [3.63, 3.8) is 0 Å². The molecule has 0 aliphatic heterocycles. The van der Waals surface area contributed by atoms with E-state index in [0.717, 1.165) is 15.0 Å². The molecule has 0 amide bonds. The molecule has 1 heterocycles. The minimum absolute atomic E-state index is 0.468. The van der Waals surface area contributed by atoms with Crippen LogP contribution in [0.15, 0.2) is 40.9 Å². The number of nitrogens with zero attached hydrogens (tertiary/aromatic N) is 2. The van der Waals surface area contributed by atoms with Gasteiger partial charge < -0.3 is 0 Å². The normalized spacial score (nSPS) is 10.9. The van der Waals surface area contributed by atoms with Gasteiger partial charge in [0.05, 0.1) is 0 Å². The lowest BCUT2D eigenvalue weighted by Gasteiger charge is -2.01. The summed E-state index contributed by atoms with van der Waals surface area (Å²) in [5, 5.41) is 11.1. The largest absolute Gasteiger partial charge is 0.207 e. The van der Waals surface area contributed by atoms with Crippen molar-refractivity contribution in [3.05, 3.63) is 45.3 Å². The van der Waals surface area contributed by atoms with E-state index in [4.69, 9.17) is 11.6 Å². The van der Waals surface area contributed by atoms with Crippen LogP contribution in [0.3, 0.4) is 0 Å². The lowest BCUT2D eigenvalue weighted by Crippen LogP contribution is -1.78. The Bertz CT molecular complexity index is 696. The Morgan fingerprint density at radius 1 is 1.00 bits per heavy atom. The van der Waals surface area contributed by atoms with Crippen molar-refractivity contribution in [2.75, 3.05) is 0 Å². The second kappa shape index (κ2) is 4.37. The zero-order valence-corrected chi connectivity index (χ0v) is 11.7. The van der Waals surface area contributed by atoms with Crippen LogP contribution in [-0.4, -0.2) is 10.2 Å². The zero-order valence-electron chi connectivity index (χ0n) is 8.52. The van der Waals surface area contributed by atoms with E-state index in [1.807, 2.05) is 12.1 Å². The minimum atomic E-state index is 0.468. The topological polar surface area (TPSA) is 25.8 Å². The number of hydrogen-bond donors (Lipinski definition) is 0. The molecule has 2 nitrogen and oxygen atoms in total. The van der Waals surface area contributed by atoms with Gasteiger partial charge in [0.25, 0.3) is 0 Å². The van der Waals surface area contributed by atoms with Gasteiger partial charge in [-0.3, -0.25) is 0 Å². The molecule has 0 fully saturated rings. The molecule has 0 atom stereocenters. The highest BCUT2D eigenvalue weighted by Gasteiger charge is 2.05. The highest BCUT2D eigenvalue weighted by Crippen LogP contribution is 2.29. The molecular weight excluding hydrogens is 320 g/mol. The summed E-state index contributed by atoms with van der Waals surface area (Å²) in [6, 6.07) is 12.4. The summed E-state index contributed by atoms with van der Waals surface area (Å²) in [4.78, 5) is 0. The van der Waals surface area contributed by atoms with Crippen molar-refractivity contribution in [1.29, 1.82) is 0 Å². The first kappa shape index (κ1) is 11.1. The van der Waals surface area contributed by atoms with Crippen LogP contribution in [0.2, 0.25) is 4.47 Å². The summed E-state index contributed by atoms with van der Waals surface area (Å²) in [6.45, 7) is 0. The lowest BCUT2D eigenvalue weighted by molar-refractivity contribution is 1.10. The van der Waals surface area contributed by atoms with Crippen LogP contribution in [0.1, 0.15) is 0 Å². The number of fused-ring (bicyclic) bond motifs is 1. The Hall–Kier alpha value is -0.970. The molecule has 0 aliphatic carbocycles. The lowest BCUT2D eigenvalue weighted by atomic mass is 10.1. The van der Waals surface area contributed by atoms with Gasteiger partial charge >= 0.3 is 0 Å². The quantitative estimate of drug-likeness (QED) is 0.644. The molecule has 84 valence electrons. The number of aromatic nitrogens is 2. The SMILES string of the molecule is Clc1nnc(-c2ccc3cc(Br)ccc3c2)s1. The van der Waals surface area contributed by atoms with Crippen LogP contribution < -0.4 is 0 Å². The first-order chi connectivity index (χ1) is 8.22. The van der Waals surface area contributed by atoms with E-state index in [2.05, 4.69) is 50.4 Å². The molecule has 0 unspecified atom stereocenters. The molecule has 0 bridgehead atoms. The van der Waals surface area contributed by atoms with Gasteiger partial charge in [-0.15, -0.1) is 10.2 Å². The predicted octanol–water partition coefficient (Wildman–Crippen LogP) is 4.77. The summed E-state index contributed by atoms with van der Waals surface area (Å²) in [5.74, 6) is 0. The Balaban J connectivity index is 2.16. The van der Waals surface area contributed by atoms with Crippen molar-refractivity contribution in [2.45, 2.75) is 0 Å². The molecule has 0 saturated carbocycles. The van der Waals surface area contributed by atoms with E-state index in [-0.39, 0.29) is 0 Å². The maximum absolute atomic E-state index is 5.79. The fourth-order valence-corrected chi connectivity index (χ4v) is 2.88. The van der Waals surface area contributed by atoms with Crippen LogP contribution in [0.25, 0.3) is 21.3 Å². The molecule has 5 heteroatoms. The fraction of sp³-hybridized carbons (Fsp3) is 0. The van der Waals surface area contributed by atoms with Crippen LogP contribution in [0.5, 0.6) is 0 Å². The van der Waals surface area contributed by atoms with Gasteiger partial charge in [0.15, 0.2) is 0 Å². The molecule has 17 heavy (non-hydrogen) atoms. The average Bonchev–Trinajstić information content (AvgIpc) is 2.75. The Morgan fingerprint density at radius 3 is 2.53 bits per heavy atom. The molecule has 0 N–H and O–H groups in total. The molecular formula is C12H6BrClN2S. The second-order valence-electron chi connectivity index (χ2n) is 3.57. The summed E-state index contributed by atoms with van der Waals surface area (Å²) < 4.78 is 1.55. The van der Waals surface area contributed by atoms with E-state index in [1.165, 1.54) is 22.1 Å². The van der Waals surface area contributed by atoms with Crippen molar-refractivity contribution in [3.8, 4) is 10.6 Å². The molecule has 0 saturated heterocycles. The van der Waals surface area contributed by atoms with Gasteiger partial charge in [0.2, 0.25) is 4.47 Å². The number of benzene rings is 2. The third-order valence-corrected chi connectivity index (χ3v) is 4.01. The average molecular weight is 326 g/mol. The van der Waals surface area contributed by atoms with Gasteiger partial charge in [-0.25, -0.2) is 0 Å². The summed E-state index contributed by atoms with van der Waals surface area (Å²) >= 11 is 10.6. The second-order valence-corrected chi connectivity index (χ2v) is 6.04. The molecule has 3 rings (SSSR count). The van der Waals surface area contributed by atoms with Gasteiger partial charge in [-0.05, 0) is 40.6 Å². The van der Waals surface area contributed by atoms with Crippen molar-refractivity contribution in [2.24, 2.45) is 0 Å². The Kier molecular flexibility index (Phi) is 2.86. The Morgan fingerprint density at radius 2 is 1.76 bits per heavy atom. The van der Waals surface area contributed by atoms with Gasteiger partial charge in [-0.1, -0.05) is 45.5 Å². The predicted molar refractivity (Wildman–Crippen MR) is 75.6 cm³/mol. The number of rotatable bonds is 1. The van der Waals surface area contributed by atoms with E-state index in [1.54, 1.807) is 0 Å². The summed E-state index contributed by atoms with van der Waals surface area (Å²) in [7, 11) is 0. The van der Waals surface area contributed by atoms with Crippen LogP contribution in [0, 0.1) is 0 Å². The monoisotopic (exact) mass is 324 g/mol. The van der Waals surface area contributed by atoms with Gasteiger partial charge in [0, 0.05) is 10.0 Å². The molecule has 0 aliphatic rings. The van der Waals surface area contributed by atoms with Crippen LogP contribution in [0.4, 0.5) is 0 Å². The van der Waals surface area contributed by atoms with Crippen molar-refractivity contribution in [1.82, 2.24) is 10.2 Å². The third kappa shape index (κ3) is 2.20. The van der Waals surface area contributed by atoms with Crippen LogP contribution in [-0.2, 0) is 0 Å². The molecule has 0 spiro atoms. The van der Waals surface area contributed by atoms with E-state index < -0.39 is 0 Å². The molecule has 0 radical (unpaired) electrons. The number of hydrogen-bond acceptors (Lipinski definition) is 3. The summed E-state index contributed by atoms with van der Waals surface area (Å²) in [6.07, 6.45) is 0.